The van der Waals surface area contributed by atoms with Gasteiger partial charge in [0, 0.05) is 44.0 Å². The molecule has 1 fully saturated rings. The zero-order valence-electron chi connectivity index (χ0n) is 18.4. The summed E-state index contributed by atoms with van der Waals surface area (Å²) < 4.78 is 7.06. The van der Waals surface area contributed by atoms with Crippen LogP contribution in [-0.2, 0) is 10.4 Å². The number of nitrogens with zero attached hydrogens (tertiary/aromatic N) is 7. The minimum atomic E-state index is -1.70. The van der Waals surface area contributed by atoms with Gasteiger partial charge in [-0.25, -0.2) is 17.8 Å². The average molecular weight is 572 g/mol. The number of carbonyl (C=O) groups is 1. The molecule has 5 heterocycles. The maximum atomic E-state index is 12.4. The second kappa shape index (κ2) is 8.76. The van der Waals surface area contributed by atoms with E-state index in [0.717, 1.165) is 5.56 Å². The molecule has 0 aliphatic carbocycles. The number of aliphatic hydroxyl groups is 1. The Morgan fingerprint density at radius 2 is 1.97 bits per heavy atom. The van der Waals surface area contributed by atoms with Gasteiger partial charge in [-0.3, -0.25) is 4.79 Å². The van der Waals surface area contributed by atoms with Crippen LogP contribution in [0.5, 0.6) is 0 Å². The number of rotatable bonds is 6. The van der Waals surface area contributed by atoms with E-state index in [0.29, 0.717) is 35.3 Å². The van der Waals surface area contributed by atoms with Gasteiger partial charge in [-0.15, -0.1) is 0 Å². The fourth-order valence-corrected chi connectivity index (χ4v) is 4.22. The van der Waals surface area contributed by atoms with Crippen LogP contribution in [0.4, 0.5) is 5.95 Å². The van der Waals surface area contributed by atoms with E-state index in [1.54, 1.807) is 40.5 Å². The number of nitrogens with one attached hydrogen (secondary N) is 1. The zero-order chi connectivity index (χ0) is 23.9. The fourth-order valence-electron chi connectivity index (χ4n) is 3.78. The third-order valence-electron chi connectivity index (χ3n) is 5.78. The Labute approximate surface area is 208 Å². The highest BCUT2D eigenvalue weighted by molar-refractivity contribution is 14.1. The molecule has 1 amide bonds. The van der Waals surface area contributed by atoms with E-state index in [-0.39, 0.29) is 18.2 Å². The first-order valence-electron chi connectivity index (χ1n) is 10.6. The summed E-state index contributed by atoms with van der Waals surface area (Å²) in [4.78, 5) is 27.4. The molecule has 0 unspecified atom stereocenters. The first kappa shape index (κ1) is 22.4. The van der Waals surface area contributed by atoms with Crippen molar-refractivity contribution in [2.75, 3.05) is 18.9 Å². The van der Waals surface area contributed by atoms with Crippen LogP contribution in [0, 0.1) is 0 Å². The molecule has 5 rings (SSSR count). The van der Waals surface area contributed by atoms with Crippen LogP contribution in [0.2, 0.25) is 0 Å². The summed E-state index contributed by atoms with van der Waals surface area (Å²) in [5.74, 6) is 0.174. The maximum absolute atomic E-state index is 12.4. The molecule has 174 valence electrons. The number of hydrogen-bond acceptors (Lipinski definition) is 9. The Bertz CT molecular complexity index is 1360. The topological polar surface area (TPSA) is 135 Å². The van der Waals surface area contributed by atoms with E-state index in [1.165, 1.54) is 4.90 Å². The van der Waals surface area contributed by atoms with Crippen LogP contribution in [0.25, 0.3) is 22.8 Å². The minimum absolute atomic E-state index is 0.0326. The molecule has 2 atom stereocenters. The number of likely N-dealkylation sites (N-methyl/N-ethyl adjacent to an activating group) is 1. The van der Waals surface area contributed by atoms with Crippen LogP contribution in [0.3, 0.4) is 0 Å². The van der Waals surface area contributed by atoms with Crippen molar-refractivity contribution in [3.05, 3.63) is 60.2 Å². The molecule has 4 aromatic heterocycles. The van der Waals surface area contributed by atoms with Crippen molar-refractivity contribution in [3.8, 4) is 22.8 Å². The van der Waals surface area contributed by atoms with Gasteiger partial charge in [-0.1, -0.05) is 11.2 Å². The highest BCUT2D eigenvalue weighted by atomic mass is 127. The van der Waals surface area contributed by atoms with E-state index in [4.69, 9.17) is 4.52 Å². The van der Waals surface area contributed by atoms with Gasteiger partial charge in [-0.05, 0) is 25.1 Å². The van der Waals surface area contributed by atoms with E-state index >= 15 is 0 Å². The summed E-state index contributed by atoms with van der Waals surface area (Å²) in [6.07, 6.45) is 5.63. The molecule has 34 heavy (non-hydrogen) atoms. The Balaban J connectivity index is 1.38. The van der Waals surface area contributed by atoms with Crippen molar-refractivity contribution >= 4 is 34.7 Å². The second-order valence-electron chi connectivity index (χ2n) is 8.12. The van der Waals surface area contributed by atoms with Gasteiger partial charge >= 0.3 is 0 Å². The number of pyridine rings is 1. The quantitative estimate of drug-likeness (QED) is 0.335. The van der Waals surface area contributed by atoms with E-state index in [9.17, 15) is 9.90 Å². The van der Waals surface area contributed by atoms with E-state index in [1.807, 2.05) is 25.3 Å². The van der Waals surface area contributed by atoms with Gasteiger partial charge in [0.05, 0.1) is 52.2 Å². The summed E-state index contributed by atoms with van der Waals surface area (Å²) >= 11 is 2.09. The van der Waals surface area contributed by atoms with Gasteiger partial charge in [0.15, 0.2) is 5.76 Å². The smallest absolute Gasteiger partial charge is 0.262 e. The Kier molecular flexibility index (Phi) is 5.77. The average Bonchev–Trinajstić information content (AvgIpc) is 3.57. The van der Waals surface area contributed by atoms with Crippen molar-refractivity contribution in [3.63, 3.8) is 0 Å². The fraction of sp³-hybridized carbons (Fsp3) is 0.273. The largest absolute Gasteiger partial charge is 0.373 e. The molecule has 1 aliphatic heterocycles. The normalized spacial score (nSPS) is 18.9. The molecule has 4 aromatic rings. The van der Waals surface area contributed by atoms with Crippen molar-refractivity contribution in [1.82, 2.24) is 33.0 Å². The molecule has 0 bridgehead atoms. The molecule has 0 spiro atoms. The lowest BCUT2D eigenvalue weighted by atomic mass is 9.98. The molecule has 12 heteroatoms. The predicted molar refractivity (Wildman–Crippen MR) is 131 cm³/mol. The van der Waals surface area contributed by atoms with Crippen molar-refractivity contribution in [2.45, 2.75) is 25.0 Å². The molecule has 1 saturated heterocycles. The Hall–Kier alpha value is -3.39. The van der Waals surface area contributed by atoms with Crippen LogP contribution >= 0.6 is 22.9 Å². The van der Waals surface area contributed by atoms with Gasteiger partial charge in [0.2, 0.25) is 11.5 Å². The summed E-state index contributed by atoms with van der Waals surface area (Å²) in [6.45, 7) is 2.45. The van der Waals surface area contributed by atoms with Crippen LogP contribution < -0.4 is 5.32 Å². The summed E-state index contributed by atoms with van der Waals surface area (Å²) in [6, 6.07) is 8.75. The van der Waals surface area contributed by atoms with E-state index in [2.05, 4.69) is 53.4 Å². The second-order valence-corrected chi connectivity index (χ2v) is 9.10. The van der Waals surface area contributed by atoms with Gasteiger partial charge in [0.25, 0.3) is 5.91 Å². The molecule has 0 saturated carbocycles. The van der Waals surface area contributed by atoms with Crippen molar-refractivity contribution < 1.29 is 14.4 Å². The summed E-state index contributed by atoms with van der Waals surface area (Å²) in [7, 11) is 1.64. The molecule has 0 radical (unpaired) electrons. The standard InChI is InChI=1S/C22H21IN8O3/c1-13(14-11-25-31(23)12-14)26-21-24-8-6-17(28-21)15-4-3-5-16(27-15)18-10-19(34-29-18)22(33)7-9-30(2)20(22)32/h3-6,8,10-13,33H,7,9H2,1-2H3,(H,24,26,28)/t13-,22-/m1/s1. The lowest BCUT2D eigenvalue weighted by molar-refractivity contribution is -0.144. The summed E-state index contributed by atoms with van der Waals surface area (Å²) in [5, 5.41) is 22.3. The highest BCUT2D eigenvalue weighted by Gasteiger charge is 2.48. The van der Waals surface area contributed by atoms with Crippen molar-refractivity contribution in [2.24, 2.45) is 0 Å². The Morgan fingerprint density at radius 1 is 1.21 bits per heavy atom. The van der Waals surface area contributed by atoms with Gasteiger partial charge < -0.3 is 19.8 Å². The number of likely N-dealkylation sites (tertiary alicyclic amines) is 1. The number of aromatic nitrogens is 6. The number of carbonyl (C=O) groups excluding carboxylic acids is 1. The van der Waals surface area contributed by atoms with E-state index < -0.39 is 11.5 Å². The molecule has 1 aliphatic rings. The maximum Gasteiger partial charge on any atom is 0.262 e. The lowest BCUT2D eigenvalue weighted by Gasteiger charge is -2.16. The summed E-state index contributed by atoms with van der Waals surface area (Å²) in [5.41, 5.74) is 1.52. The third-order valence-corrected chi connectivity index (χ3v) is 6.30. The number of anilines is 1. The molecule has 11 nitrogen and oxygen atoms in total. The molecule has 2 N–H and O–H groups in total. The molecule has 0 aromatic carbocycles. The Morgan fingerprint density at radius 3 is 2.68 bits per heavy atom. The predicted octanol–water partition coefficient (Wildman–Crippen LogP) is 2.81. The zero-order valence-corrected chi connectivity index (χ0v) is 20.5. The van der Waals surface area contributed by atoms with Gasteiger partial charge in [0.1, 0.15) is 5.69 Å². The minimum Gasteiger partial charge on any atom is -0.373 e. The van der Waals surface area contributed by atoms with Crippen LogP contribution in [-0.4, -0.2) is 57.6 Å². The molecular formula is C22H21IN8O3. The number of halogens is 1. The highest BCUT2D eigenvalue weighted by Crippen LogP contribution is 2.34. The van der Waals surface area contributed by atoms with Crippen LogP contribution in [0.1, 0.15) is 30.7 Å². The first-order chi connectivity index (χ1) is 16.3. The lowest BCUT2D eigenvalue weighted by Crippen LogP contribution is -2.35. The number of amides is 1. The third kappa shape index (κ3) is 4.14. The number of hydrogen-bond donors (Lipinski definition) is 2. The van der Waals surface area contributed by atoms with Crippen molar-refractivity contribution in [1.29, 1.82) is 0 Å². The molecular weight excluding hydrogens is 551 g/mol. The van der Waals surface area contributed by atoms with Gasteiger partial charge in [-0.2, -0.15) is 5.10 Å². The monoisotopic (exact) mass is 572 g/mol. The van der Waals surface area contributed by atoms with Crippen LogP contribution in [0.15, 0.2) is 53.4 Å². The SMILES string of the molecule is C[C@@H](Nc1nccc(-c2cccc(-c3cc([C@]4(O)CCN(C)C4=O)on3)n2)n1)c1cnn(I)c1. The first-order valence-corrected chi connectivity index (χ1v) is 11.5.